The largest absolute Gasteiger partial charge is 0.370 e. The van der Waals surface area contributed by atoms with Crippen molar-refractivity contribution in [3.05, 3.63) is 58.7 Å². The van der Waals surface area contributed by atoms with E-state index in [0.717, 1.165) is 23.9 Å². The van der Waals surface area contributed by atoms with Crippen molar-refractivity contribution in [2.75, 3.05) is 18.9 Å². The minimum Gasteiger partial charge on any atom is -0.370 e. The fraction of sp³-hybridized carbons (Fsp3) is 0.353. The zero-order valence-corrected chi connectivity index (χ0v) is 13.6. The first kappa shape index (κ1) is 15.8. The van der Waals surface area contributed by atoms with Gasteiger partial charge in [-0.1, -0.05) is 23.7 Å². The molecule has 0 radical (unpaired) electrons. The first-order valence-corrected chi connectivity index (χ1v) is 7.62. The van der Waals surface area contributed by atoms with Crippen LogP contribution in [0, 0.1) is 0 Å². The minimum absolute atomic E-state index is 0.331. The molecule has 0 fully saturated rings. The smallest absolute Gasteiger partial charge is 0.126 e. The van der Waals surface area contributed by atoms with Crippen LogP contribution in [0.4, 0.5) is 5.82 Å². The van der Waals surface area contributed by atoms with Gasteiger partial charge in [0, 0.05) is 30.4 Å². The Morgan fingerprint density at radius 3 is 2.62 bits per heavy atom. The molecule has 1 unspecified atom stereocenters. The highest BCUT2D eigenvalue weighted by Crippen LogP contribution is 2.22. The van der Waals surface area contributed by atoms with E-state index in [4.69, 9.17) is 11.6 Å². The maximum atomic E-state index is 5.95. The van der Waals surface area contributed by atoms with Crippen LogP contribution in [0.25, 0.3) is 0 Å². The molecule has 112 valence electrons. The monoisotopic (exact) mass is 303 g/mol. The second-order valence-electron chi connectivity index (χ2n) is 5.22. The third-order valence-electron chi connectivity index (χ3n) is 3.63. The van der Waals surface area contributed by atoms with Crippen LogP contribution < -0.4 is 5.32 Å². The normalized spacial score (nSPS) is 12.4. The Balaban J connectivity index is 2.04. The summed E-state index contributed by atoms with van der Waals surface area (Å²) in [7, 11) is 2.13. The number of hydrogen-bond acceptors (Lipinski definition) is 3. The van der Waals surface area contributed by atoms with Crippen molar-refractivity contribution >= 4 is 17.4 Å². The molecule has 0 aliphatic rings. The van der Waals surface area contributed by atoms with Crippen molar-refractivity contribution in [3.63, 3.8) is 0 Å². The van der Waals surface area contributed by atoms with E-state index < -0.39 is 0 Å². The molecular weight excluding hydrogens is 282 g/mol. The Morgan fingerprint density at radius 2 is 1.95 bits per heavy atom. The van der Waals surface area contributed by atoms with Crippen LogP contribution in [0.3, 0.4) is 0 Å². The topological polar surface area (TPSA) is 28.2 Å². The molecule has 1 heterocycles. The molecule has 2 aromatic rings. The predicted molar refractivity (Wildman–Crippen MR) is 89.7 cm³/mol. The summed E-state index contributed by atoms with van der Waals surface area (Å²) in [6.45, 7) is 6.04. The summed E-state index contributed by atoms with van der Waals surface area (Å²) in [6, 6.07) is 12.5. The highest BCUT2D eigenvalue weighted by atomic mass is 35.5. The Hall–Kier alpha value is -1.58. The number of pyridine rings is 1. The van der Waals surface area contributed by atoms with Gasteiger partial charge in [0.1, 0.15) is 5.82 Å². The Labute approximate surface area is 132 Å². The van der Waals surface area contributed by atoms with E-state index in [1.54, 1.807) is 0 Å². The molecule has 4 heteroatoms. The minimum atomic E-state index is 0.331. The zero-order chi connectivity index (χ0) is 15.2. The molecule has 1 aromatic carbocycles. The molecule has 0 bridgehead atoms. The number of anilines is 1. The zero-order valence-electron chi connectivity index (χ0n) is 12.8. The summed E-state index contributed by atoms with van der Waals surface area (Å²) in [4.78, 5) is 6.62. The highest BCUT2D eigenvalue weighted by molar-refractivity contribution is 6.30. The van der Waals surface area contributed by atoms with Crippen LogP contribution in [0.2, 0.25) is 5.02 Å². The lowest BCUT2D eigenvalue weighted by Crippen LogP contribution is -2.22. The van der Waals surface area contributed by atoms with Crippen LogP contribution in [-0.4, -0.2) is 23.5 Å². The Kier molecular flexibility index (Phi) is 5.59. The van der Waals surface area contributed by atoms with Gasteiger partial charge in [-0.25, -0.2) is 4.98 Å². The fourth-order valence-corrected chi connectivity index (χ4v) is 2.40. The van der Waals surface area contributed by atoms with Crippen LogP contribution in [0.15, 0.2) is 42.6 Å². The third-order valence-corrected chi connectivity index (χ3v) is 3.88. The second-order valence-corrected chi connectivity index (χ2v) is 5.66. The summed E-state index contributed by atoms with van der Waals surface area (Å²) in [5, 5.41) is 4.02. The number of rotatable bonds is 6. The van der Waals surface area contributed by atoms with Crippen molar-refractivity contribution in [1.29, 1.82) is 0 Å². The predicted octanol–water partition coefficient (Wildman–Crippen LogP) is 4.36. The lowest BCUT2D eigenvalue weighted by molar-refractivity contribution is 0.253. The molecule has 2 rings (SSSR count). The maximum absolute atomic E-state index is 5.95. The van der Waals surface area contributed by atoms with Crippen LogP contribution in [0.5, 0.6) is 0 Å². The summed E-state index contributed by atoms with van der Waals surface area (Å²) in [5.74, 6) is 0.933. The van der Waals surface area contributed by atoms with Gasteiger partial charge in [0.05, 0.1) is 0 Å². The molecule has 0 aliphatic carbocycles. The number of hydrogen-bond donors (Lipinski definition) is 1. The van der Waals surface area contributed by atoms with Gasteiger partial charge >= 0.3 is 0 Å². The van der Waals surface area contributed by atoms with Gasteiger partial charge in [-0.2, -0.15) is 0 Å². The van der Waals surface area contributed by atoms with Crippen molar-refractivity contribution in [1.82, 2.24) is 9.88 Å². The van der Waals surface area contributed by atoms with Gasteiger partial charge in [0.25, 0.3) is 0 Å². The van der Waals surface area contributed by atoms with E-state index in [1.165, 1.54) is 11.1 Å². The number of halogens is 1. The number of benzene rings is 1. The molecule has 0 aliphatic heterocycles. The quantitative estimate of drug-likeness (QED) is 0.859. The molecule has 3 nitrogen and oxygen atoms in total. The number of aromatic nitrogens is 1. The van der Waals surface area contributed by atoms with E-state index in [9.17, 15) is 0 Å². The molecule has 1 N–H and O–H groups in total. The van der Waals surface area contributed by atoms with Gasteiger partial charge in [0.15, 0.2) is 0 Å². The molecule has 0 spiro atoms. The summed E-state index contributed by atoms with van der Waals surface area (Å²) < 4.78 is 0. The van der Waals surface area contributed by atoms with Gasteiger partial charge in [-0.15, -0.1) is 0 Å². The average Bonchev–Trinajstić information content (AvgIpc) is 2.48. The van der Waals surface area contributed by atoms with Crippen molar-refractivity contribution in [3.8, 4) is 0 Å². The average molecular weight is 304 g/mol. The van der Waals surface area contributed by atoms with Crippen LogP contribution in [0.1, 0.15) is 31.0 Å². The second kappa shape index (κ2) is 7.43. The molecule has 0 saturated heterocycles. The highest BCUT2D eigenvalue weighted by Gasteiger charge is 2.12. The van der Waals surface area contributed by atoms with E-state index in [-0.39, 0.29) is 0 Å². The Bertz CT molecular complexity index is 569. The SMILES string of the molecule is CCNc1cc(CN(C)C(C)c2ccc(Cl)cc2)ccn1. The number of nitrogens with zero attached hydrogens (tertiary/aromatic N) is 2. The van der Waals surface area contributed by atoms with E-state index in [0.29, 0.717) is 6.04 Å². The molecule has 0 amide bonds. The molecule has 1 aromatic heterocycles. The van der Waals surface area contributed by atoms with E-state index in [1.807, 2.05) is 18.3 Å². The van der Waals surface area contributed by atoms with Gasteiger partial charge in [-0.3, -0.25) is 4.90 Å². The fourth-order valence-electron chi connectivity index (χ4n) is 2.27. The van der Waals surface area contributed by atoms with E-state index in [2.05, 4.69) is 60.4 Å². The third kappa shape index (κ3) is 4.45. The van der Waals surface area contributed by atoms with Gasteiger partial charge in [-0.05, 0) is 56.3 Å². The van der Waals surface area contributed by atoms with Gasteiger partial charge in [0.2, 0.25) is 0 Å². The standard InChI is InChI=1S/C17H22ClN3/c1-4-19-17-11-14(9-10-20-17)12-21(3)13(2)15-5-7-16(18)8-6-15/h5-11,13H,4,12H2,1-3H3,(H,19,20). The lowest BCUT2D eigenvalue weighted by Gasteiger charge is -2.25. The first-order valence-electron chi connectivity index (χ1n) is 7.24. The first-order chi connectivity index (χ1) is 10.1. The molecule has 21 heavy (non-hydrogen) atoms. The van der Waals surface area contributed by atoms with Gasteiger partial charge < -0.3 is 5.32 Å². The van der Waals surface area contributed by atoms with Crippen molar-refractivity contribution < 1.29 is 0 Å². The van der Waals surface area contributed by atoms with E-state index >= 15 is 0 Å². The number of nitrogens with one attached hydrogen (secondary N) is 1. The van der Waals surface area contributed by atoms with Crippen molar-refractivity contribution in [2.45, 2.75) is 26.4 Å². The summed E-state index contributed by atoms with van der Waals surface area (Å²) in [5.41, 5.74) is 2.52. The van der Waals surface area contributed by atoms with Crippen LogP contribution in [-0.2, 0) is 6.54 Å². The summed E-state index contributed by atoms with van der Waals surface area (Å²) in [6.07, 6.45) is 1.86. The molecule has 1 atom stereocenters. The maximum Gasteiger partial charge on any atom is 0.126 e. The lowest BCUT2D eigenvalue weighted by atomic mass is 10.1. The summed E-state index contributed by atoms with van der Waals surface area (Å²) >= 11 is 5.95. The Morgan fingerprint density at radius 1 is 1.24 bits per heavy atom. The van der Waals surface area contributed by atoms with Crippen LogP contribution >= 0.6 is 11.6 Å². The molecular formula is C17H22ClN3. The molecule has 0 saturated carbocycles. The van der Waals surface area contributed by atoms with Crippen molar-refractivity contribution in [2.24, 2.45) is 0 Å².